The third kappa shape index (κ3) is 7.12. The van der Waals surface area contributed by atoms with Crippen LogP contribution in [0.1, 0.15) is 58.2 Å². The molecule has 0 radical (unpaired) electrons. The number of hydrogen-bond acceptors (Lipinski definition) is 0. The van der Waals surface area contributed by atoms with Gasteiger partial charge in [-0.3, -0.25) is 0 Å². The monoisotopic (exact) mass is 554 g/mol. The summed E-state index contributed by atoms with van der Waals surface area (Å²) >= 11 is -1.84. The Morgan fingerprint density at radius 1 is 0.438 bits per heavy atom. The maximum Gasteiger partial charge on any atom is -1.00 e. The molecule has 0 bridgehead atoms. The van der Waals surface area contributed by atoms with Gasteiger partial charge in [0.1, 0.15) is 0 Å². The Hall–Kier alpha value is -1.25. The summed E-state index contributed by atoms with van der Waals surface area (Å²) in [7, 11) is 0. The third-order valence-corrected chi connectivity index (χ3v) is 18.6. The number of hydrogen-bond donors (Lipinski definition) is 0. The molecule has 0 fully saturated rings. The zero-order valence-corrected chi connectivity index (χ0v) is 24.3. The topological polar surface area (TPSA) is 0 Å². The number of benzene rings is 3. The molecule has 0 unspecified atom stereocenters. The van der Waals surface area contributed by atoms with Gasteiger partial charge in [0, 0.05) is 0 Å². The van der Waals surface area contributed by atoms with E-state index in [0.717, 1.165) is 0 Å². The molecule has 0 aliphatic heterocycles. The van der Waals surface area contributed by atoms with Crippen molar-refractivity contribution in [2.45, 2.75) is 71.1 Å². The minimum Gasteiger partial charge on any atom is -1.00 e. The summed E-state index contributed by atoms with van der Waals surface area (Å²) in [5.41, 5.74) is 5.16. The van der Waals surface area contributed by atoms with Gasteiger partial charge < -0.3 is 12.4 Å². The van der Waals surface area contributed by atoms with E-state index in [9.17, 15) is 0 Å². The maximum absolute atomic E-state index is 2.47. The van der Waals surface area contributed by atoms with Gasteiger partial charge in [-0.15, -0.1) is 0 Å². The van der Waals surface area contributed by atoms with Crippen LogP contribution < -0.4 is 12.4 Å². The molecule has 32 heavy (non-hydrogen) atoms. The molecule has 0 saturated carbocycles. The van der Waals surface area contributed by atoms with Crippen molar-refractivity contribution in [3.8, 4) is 0 Å². The molecule has 0 aliphatic rings. The SMILES string of the molecule is CC(C)([CH2][Sn+]([CH2]C(C)(C)c1ccccc1)[CH2]C(C)(C)c1ccccc1)c1ccccc1.[Cl-]. The van der Waals surface area contributed by atoms with Gasteiger partial charge in [-0.2, -0.15) is 0 Å². The second kappa shape index (κ2) is 11.3. The van der Waals surface area contributed by atoms with Crippen LogP contribution in [0.25, 0.3) is 0 Å². The summed E-state index contributed by atoms with van der Waals surface area (Å²) in [6.07, 6.45) is 0. The average Bonchev–Trinajstić information content (AvgIpc) is 2.75. The average molecular weight is 554 g/mol. The molecule has 2 heteroatoms. The van der Waals surface area contributed by atoms with E-state index in [0.29, 0.717) is 0 Å². The van der Waals surface area contributed by atoms with E-state index >= 15 is 0 Å². The molecule has 0 N–H and O–H groups in total. The summed E-state index contributed by atoms with van der Waals surface area (Å²) < 4.78 is 4.14. The van der Waals surface area contributed by atoms with Crippen molar-refractivity contribution in [3.63, 3.8) is 0 Å². The fraction of sp³-hybridized carbons (Fsp3) is 0.400. The third-order valence-electron chi connectivity index (χ3n) is 6.74. The van der Waals surface area contributed by atoms with Gasteiger partial charge >= 0.3 is 199 Å². The summed E-state index contributed by atoms with van der Waals surface area (Å²) in [5, 5.41) is 0. The van der Waals surface area contributed by atoms with Gasteiger partial charge in [-0.05, 0) is 0 Å². The van der Waals surface area contributed by atoms with Gasteiger partial charge in [0.2, 0.25) is 0 Å². The minimum absolute atomic E-state index is 0. The van der Waals surface area contributed by atoms with E-state index in [4.69, 9.17) is 0 Å². The van der Waals surface area contributed by atoms with Gasteiger partial charge in [0.15, 0.2) is 0 Å². The van der Waals surface area contributed by atoms with E-state index in [2.05, 4.69) is 133 Å². The van der Waals surface area contributed by atoms with Gasteiger partial charge in [-0.25, -0.2) is 0 Å². The summed E-state index contributed by atoms with van der Waals surface area (Å²) in [4.78, 5) is 0. The molecule has 0 heterocycles. The second-order valence-corrected chi connectivity index (χ2v) is 18.3. The van der Waals surface area contributed by atoms with Crippen molar-refractivity contribution in [1.29, 1.82) is 0 Å². The van der Waals surface area contributed by atoms with Crippen LogP contribution in [0.4, 0.5) is 0 Å². The molecule has 0 spiro atoms. The molecule has 3 aromatic rings. The zero-order valence-electron chi connectivity index (χ0n) is 20.7. The van der Waals surface area contributed by atoms with Gasteiger partial charge in [-0.1, -0.05) is 0 Å². The Morgan fingerprint density at radius 2 is 0.656 bits per heavy atom. The number of halogens is 1. The van der Waals surface area contributed by atoms with Crippen LogP contribution in [0.5, 0.6) is 0 Å². The zero-order chi connectivity index (χ0) is 22.5. The normalized spacial score (nSPS) is 12.2. The molecule has 3 aromatic carbocycles. The van der Waals surface area contributed by atoms with Crippen molar-refractivity contribution < 1.29 is 12.4 Å². The molecular weight excluding hydrogens is 514 g/mol. The van der Waals surface area contributed by atoms with Crippen molar-refractivity contribution in [3.05, 3.63) is 108 Å². The predicted molar refractivity (Wildman–Crippen MR) is 139 cm³/mol. The van der Waals surface area contributed by atoms with E-state index in [-0.39, 0.29) is 28.7 Å². The van der Waals surface area contributed by atoms with E-state index in [1.165, 1.54) is 30.0 Å². The molecule has 0 aromatic heterocycles. The van der Waals surface area contributed by atoms with Crippen LogP contribution in [-0.2, 0) is 16.2 Å². The molecule has 0 aliphatic carbocycles. The summed E-state index contributed by atoms with van der Waals surface area (Å²) in [6.45, 7) is 14.8. The van der Waals surface area contributed by atoms with E-state index < -0.39 is 19.8 Å². The van der Waals surface area contributed by atoms with Crippen LogP contribution in [-0.4, -0.2) is 19.8 Å². The van der Waals surface area contributed by atoms with Crippen LogP contribution in [0.15, 0.2) is 91.0 Å². The maximum atomic E-state index is 2.47. The van der Waals surface area contributed by atoms with Gasteiger partial charge in [0.25, 0.3) is 0 Å². The molecule has 0 atom stereocenters. The molecule has 3 rings (SSSR count). The Labute approximate surface area is 210 Å². The first-order valence-corrected chi connectivity index (χ1v) is 17.7. The van der Waals surface area contributed by atoms with E-state index in [1.807, 2.05) is 0 Å². The first-order chi connectivity index (χ1) is 14.6. The Balaban J connectivity index is 0.00000363. The van der Waals surface area contributed by atoms with E-state index in [1.54, 1.807) is 0 Å². The summed E-state index contributed by atoms with van der Waals surface area (Å²) in [6, 6.07) is 33.5. The Bertz CT molecular complexity index is 803. The first-order valence-electron chi connectivity index (χ1n) is 11.6. The quantitative estimate of drug-likeness (QED) is 0.311. The summed E-state index contributed by atoms with van der Waals surface area (Å²) in [5.74, 6) is 0. The van der Waals surface area contributed by atoms with Crippen molar-refractivity contribution in [1.82, 2.24) is 0 Å². The molecule has 170 valence electrons. The van der Waals surface area contributed by atoms with Crippen molar-refractivity contribution in [2.75, 3.05) is 0 Å². The van der Waals surface area contributed by atoms with Crippen LogP contribution in [0.3, 0.4) is 0 Å². The molecule has 0 nitrogen and oxygen atoms in total. The predicted octanol–water partition coefficient (Wildman–Crippen LogP) is 5.42. The second-order valence-electron chi connectivity index (χ2n) is 11.0. The van der Waals surface area contributed by atoms with Crippen LogP contribution in [0.2, 0.25) is 13.3 Å². The Morgan fingerprint density at radius 3 is 0.875 bits per heavy atom. The van der Waals surface area contributed by atoms with Crippen LogP contribution in [0, 0.1) is 0 Å². The molecular formula is C30H39ClSn. The van der Waals surface area contributed by atoms with Crippen molar-refractivity contribution in [2.24, 2.45) is 0 Å². The van der Waals surface area contributed by atoms with Crippen LogP contribution >= 0.6 is 0 Å². The number of rotatable bonds is 9. The fourth-order valence-electron chi connectivity index (χ4n) is 5.04. The minimum atomic E-state index is -1.84. The Kier molecular flexibility index (Phi) is 9.49. The molecule has 0 amide bonds. The largest absolute Gasteiger partial charge is 1.00 e. The van der Waals surface area contributed by atoms with Gasteiger partial charge in [0.05, 0.1) is 0 Å². The molecule has 0 saturated heterocycles. The fourth-order valence-corrected chi connectivity index (χ4v) is 18.6. The smallest absolute Gasteiger partial charge is 1.00 e. The van der Waals surface area contributed by atoms with Crippen molar-refractivity contribution >= 4 is 19.8 Å². The first kappa shape index (κ1) is 27.0. The standard InChI is InChI=1S/3C10H13.ClH.Sn/c3*1-10(2,3)9-7-5-4-6-8-9;;/h3*4-8H,1H2,2-3H3;1H;/q;;;;+1/p-1.